The molecule has 3 heteroatoms. The van der Waals surface area contributed by atoms with E-state index in [0.29, 0.717) is 18.1 Å². The van der Waals surface area contributed by atoms with Crippen molar-refractivity contribution in [1.82, 2.24) is 4.98 Å². The zero-order valence-electron chi connectivity index (χ0n) is 10.0. The Hall–Kier alpha value is -0.700. The van der Waals surface area contributed by atoms with Crippen LogP contribution in [0, 0.1) is 11.3 Å². The number of ketones is 1. The molecule has 0 saturated heterocycles. The number of hydrogen-bond donors (Lipinski definition) is 0. The molecule has 0 aliphatic heterocycles. The lowest BCUT2D eigenvalue weighted by molar-refractivity contribution is 0.0916. The van der Waals surface area contributed by atoms with Crippen molar-refractivity contribution >= 4 is 17.1 Å². The van der Waals surface area contributed by atoms with Crippen molar-refractivity contribution in [2.45, 2.75) is 46.0 Å². The molecule has 0 spiro atoms. The smallest absolute Gasteiger partial charge is 0.175 e. The summed E-state index contributed by atoms with van der Waals surface area (Å²) in [6, 6.07) is 0. The van der Waals surface area contributed by atoms with Crippen molar-refractivity contribution < 1.29 is 4.79 Å². The molecule has 2 atom stereocenters. The fraction of sp³-hybridized carbons (Fsp3) is 0.692. The fourth-order valence-electron chi connectivity index (χ4n) is 2.56. The van der Waals surface area contributed by atoms with Crippen LogP contribution in [0.25, 0.3) is 0 Å². The van der Waals surface area contributed by atoms with E-state index in [0.717, 1.165) is 22.9 Å². The van der Waals surface area contributed by atoms with E-state index < -0.39 is 0 Å². The average Bonchev–Trinajstić information content (AvgIpc) is 2.73. The normalized spacial score (nSPS) is 31.3. The minimum absolute atomic E-state index is 0.102. The molecule has 1 aromatic heterocycles. The molecule has 1 fully saturated rings. The maximum absolute atomic E-state index is 12.0. The second-order valence-corrected chi connectivity index (χ2v) is 7.12. The van der Waals surface area contributed by atoms with Crippen LogP contribution in [-0.2, 0) is 6.42 Å². The maximum Gasteiger partial charge on any atom is 0.175 e. The van der Waals surface area contributed by atoms with Gasteiger partial charge in [-0.1, -0.05) is 20.8 Å². The third-order valence-corrected chi connectivity index (χ3v) is 4.95. The van der Waals surface area contributed by atoms with Gasteiger partial charge in [0.25, 0.3) is 0 Å². The lowest BCUT2D eigenvalue weighted by Crippen LogP contribution is -2.25. The van der Waals surface area contributed by atoms with Gasteiger partial charge in [0, 0.05) is 12.3 Å². The molecular formula is C13H17NOS. The molecule has 1 heterocycles. The van der Waals surface area contributed by atoms with Gasteiger partial charge in [0.15, 0.2) is 5.78 Å². The summed E-state index contributed by atoms with van der Waals surface area (Å²) in [4.78, 5) is 17.7. The van der Waals surface area contributed by atoms with E-state index in [1.807, 2.05) is 0 Å². The summed E-state index contributed by atoms with van der Waals surface area (Å²) in [6.07, 6.45) is 2.90. The summed E-state index contributed by atoms with van der Waals surface area (Å²) < 4.78 is 0. The van der Waals surface area contributed by atoms with Crippen LogP contribution in [0.5, 0.6) is 0 Å². The lowest BCUT2D eigenvalue weighted by Gasteiger charge is -2.26. The molecule has 2 nitrogen and oxygen atoms in total. The first-order chi connectivity index (χ1) is 7.46. The van der Waals surface area contributed by atoms with Crippen LogP contribution in [0.3, 0.4) is 0 Å². The highest BCUT2D eigenvalue weighted by Gasteiger charge is 2.40. The number of hydrogen-bond acceptors (Lipinski definition) is 3. The standard InChI is InChI=1S/C13H17NOS/c1-7-4-8(7)12-14-9-5-13(2,3)6-10(15)11(9)16-12/h7-8H,4-6H2,1-3H3. The van der Waals surface area contributed by atoms with Crippen molar-refractivity contribution in [3.8, 4) is 0 Å². The molecule has 16 heavy (non-hydrogen) atoms. The zero-order valence-corrected chi connectivity index (χ0v) is 10.9. The monoisotopic (exact) mass is 235 g/mol. The van der Waals surface area contributed by atoms with Gasteiger partial charge in [0.2, 0.25) is 0 Å². The minimum atomic E-state index is 0.102. The predicted molar refractivity (Wildman–Crippen MR) is 65.1 cm³/mol. The number of Topliss-reactive ketones (excluding diaryl/α,β-unsaturated/α-hetero) is 1. The molecule has 3 rings (SSSR count). The van der Waals surface area contributed by atoms with Gasteiger partial charge in [-0.05, 0) is 24.2 Å². The zero-order chi connectivity index (χ0) is 11.5. The number of carbonyl (C=O) groups is 1. The van der Waals surface area contributed by atoms with Gasteiger partial charge in [0.05, 0.1) is 15.6 Å². The van der Waals surface area contributed by atoms with Crippen molar-refractivity contribution in [2.24, 2.45) is 11.3 Å². The first-order valence-corrected chi connectivity index (χ1v) is 6.81. The van der Waals surface area contributed by atoms with E-state index in [9.17, 15) is 4.79 Å². The van der Waals surface area contributed by atoms with E-state index in [4.69, 9.17) is 4.98 Å². The summed E-state index contributed by atoms with van der Waals surface area (Å²) in [5.41, 5.74) is 1.17. The van der Waals surface area contributed by atoms with Crippen LogP contribution in [-0.4, -0.2) is 10.8 Å². The fourth-order valence-corrected chi connectivity index (χ4v) is 3.83. The molecule has 2 unspecified atom stereocenters. The second kappa shape index (κ2) is 3.16. The second-order valence-electron chi connectivity index (χ2n) is 6.09. The molecule has 1 saturated carbocycles. The number of nitrogens with zero attached hydrogens (tertiary/aromatic N) is 1. The van der Waals surface area contributed by atoms with Crippen molar-refractivity contribution in [3.05, 3.63) is 15.6 Å². The molecule has 2 aliphatic carbocycles. The van der Waals surface area contributed by atoms with Gasteiger partial charge < -0.3 is 0 Å². The number of fused-ring (bicyclic) bond motifs is 1. The Morgan fingerprint density at radius 3 is 2.69 bits per heavy atom. The molecule has 1 aromatic rings. The Kier molecular flexibility index (Phi) is 2.06. The summed E-state index contributed by atoms with van der Waals surface area (Å²) in [6.45, 7) is 6.58. The molecule has 2 aliphatic rings. The number of aromatic nitrogens is 1. The SMILES string of the molecule is CC1CC1c1nc2c(s1)C(=O)CC(C)(C)C2. The molecule has 0 N–H and O–H groups in total. The van der Waals surface area contributed by atoms with Gasteiger partial charge in [-0.15, -0.1) is 11.3 Å². The third kappa shape index (κ3) is 1.61. The largest absolute Gasteiger partial charge is 0.293 e. The van der Waals surface area contributed by atoms with Crippen molar-refractivity contribution in [3.63, 3.8) is 0 Å². The predicted octanol–water partition coefficient (Wildman–Crippen LogP) is 3.42. The summed E-state index contributed by atoms with van der Waals surface area (Å²) in [7, 11) is 0. The molecule has 86 valence electrons. The number of rotatable bonds is 1. The molecule has 0 bridgehead atoms. The molecular weight excluding hydrogens is 218 g/mol. The Labute approximate surface area is 100 Å². The van der Waals surface area contributed by atoms with Crippen molar-refractivity contribution in [2.75, 3.05) is 0 Å². The average molecular weight is 235 g/mol. The van der Waals surface area contributed by atoms with E-state index in [1.54, 1.807) is 11.3 Å². The Morgan fingerprint density at radius 1 is 1.38 bits per heavy atom. The Balaban J connectivity index is 1.97. The highest BCUT2D eigenvalue weighted by molar-refractivity contribution is 7.14. The third-order valence-electron chi connectivity index (χ3n) is 3.68. The quantitative estimate of drug-likeness (QED) is 0.746. The summed E-state index contributed by atoms with van der Waals surface area (Å²) in [5.74, 6) is 1.73. The van der Waals surface area contributed by atoms with Crippen LogP contribution < -0.4 is 0 Å². The Morgan fingerprint density at radius 2 is 2.06 bits per heavy atom. The van der Waals surface area contributed by atoms with Gasteiger partial charge in [-0.2, -0.15) is 0 Å². The maximum atomic E-state index is 12.0. The number of carbonyl (C=O) groups excluding carboxylic acids is 1. The van der Waals surface area contributed by atoms with Gasteiger partial charge in [0.1, 0.15) is 0 Å². The molecule has 0 amide bonds. The van der Waals surface area contributed by atoms with Gasteiger partial charge in [-0.25, -0.2) is 4.98 Å². The lowest BCUT2D eigenvalue weighted by atomic mass is 9.78. The number of thiazole rings is 1. The van der Waals surface area contributed by atoms with Crippen LogP contribution in [0.1, 0.15) is 59.9 Å². The van der Waals surface area contributed by atoms with E-state index >= 15 is 0 Å². The molecule has 0 aromatic carbocycles. The molecule has 0 radical (unpaired) electrons. The van der Waals surface area contributed by atoms with Crippen molar-refractivity contribution in [1.29, 1.82) is 0 Å². The van der Waals surface area contributed by atoms with E-state index in [1.165, 1.54) is 11.4 Å². The van der Waals surface area contributed by atoms with Crippen LogP contribution in [0.4, 0.5) is 0 Å². The van der Waals surface area contributed by atoms with Gasteiger partial charge in [-0.3, -0.25) is 4.79 Å². The Bertz CT molecular complexity index is 460. The highest BCUT2D eigenvalue weighted by Crippen LogP contribution is 2.50. The van der Waals surface area contributed by atoms with Crippen LogP contribution in [0.2, 0.25) is 0 Å². The van der Waals surface area contributed by atoms with Gasteiger partial charge >= 0.3 is 0 Å². The van der Waals surface area contributed by atoms with Crippen LogP contribution >= 0.6 is 11.3 Å². The first-order valence-electron chi connectivity index (χ1n) is 5.99. The van der Waals surface area contributed by atoms with E-state index in [-0.39, 0.29) is 5.41 Å². The topological polar surface area (TPSA) is 30.0 Å². The van der Waals surface area contributed by atoms with Crippen LogP contribution in [0.15, 0.2) is 0 Å². The van der Waals surface area contributed by atoms with E-state index in [2.05, 4.69) is 20.8 Å². The summed E-state index contributed by atoms with van der Waals surface area (Å²) >= 11 is 1.66. The first kappa shape index (κ1) is 10.5. The highest BCUT2D eigenvalue weighted by atomic mass is 32.1. The summed E-state index contributed by atoms with van der Waals surface area (Å²) in [5, 5.41) is 1.21. The minimum Gasteiger partial charge on any atom is -0.293 e.